The third-order valence-electron chi connectivity index (χ3n) is 5.26. The summed E-state index contributed by atoms with van der Waals surface area (Å²) in [4.78, 5) is 62.5. The maximum atomic E-state index is 13.0. The number of benzene rings is 1. The van der Waals surface area contributed by atoms with Gasteiger partial charge in [-0.1, -0.05) is 17.9 Å². The first-order chi connectivity index (χ1) is 17.4. The monoisotopic (exact) mass is 515 g/mol. The topological polar surface area (TPSA) is 122 Å². The molecule has 37 heavy (non-hydrogen) atoms. The molecule has 0 saturated heterocycles. The van der Waals surface area contributed by atoms with Gasteiger partial charge >= 0.3 is 6.09 Å². The second-order valence-electron chi connectivity index (χ2n) is 9.33. The summed E-state index contributed by atoms with van der Waals surface area (Å²) in [5.41, 5.74) is 0.0254. The first-order valence-corrected chi connectivity index (χ1v) is 12.0. The van der Waals surface area contributed by atoms with Crippen LogP contribution in [0.1, 0.15) is 66.3 Å². The van der Waals surface area contributed by atoms with Crippen LogP contribution >= 0.6 is 0 Å². The van der Waals surface area contributed by atoms with E-state index in [4.69, 9.17) is 9.47 Å². The average Bonchev–Trinajstić information content (AvgIpc) is 2.86. The van der Waals surface area contributed by atoms with E-state index in [1.54, 1.807) is 40.0 Å². The summed E-state index contributed by atoms with van der Waals surface area (Å²) < 4.78 is 10.8. The molecule has 1 aromatic rings. The number of ether oxygens (including phenoxy) is 2. The number of rotatable bonds is 12. The highest BCUT2D eigenvalue weighted by Crippen LogP contribution is 2.16. The van der Waals surface area contributed by atoms with Gasteiger partial charge in [-0.25, -0.2) is 4.79 Å². The highest BCUT2D eigenvalue weighted by atomic mass is 16.6. The first kappa shape index (κ1) is 31.3. The van der Waals surface area contributed by atoms with Crippen molar-refractivity contribution in [3.63, 3.8) is 0 Å². The van der Waals surface area contributed by atoms with E-state index in [1.165, 1.54) is 30.0 Å². The second-order valence-corrected chi connectivity index (χ2v) is 9.33. The Labute approximate surface area is 218 Å². The van der Waals surface area contributed by atoms with Gasteiger partial charge in [0.05, 0.1) is 11.6 Å². The van der Waals surface area contributed by atoms with Gasteiger partial charge in [-0.3, -0.25) is 14.4 Å². The fourth-order valence-corrected chi connectivity index (χ4v) is 3.17. The Morgan fingerprint density at radius 1 is 1.16 bits per heavy atom. The molecule has 1 N–H and O–H groups in total. The number of hydrogen-bond donors (Lipinski definition) is 1. The lowest BCUT2D eigenvalue weighted by Crippen LogP contribution is -2.39. The molecule has 0 aromatic heterocycles. The van der Waals surface area contributed by atoms with Crippen LogP contribution in [0, 0.1) is 11.8 Å². The van der Waals surface area contributed by atoms with E-state index in [2.05, 4.69) is 17.2 Å². The van der Waals surface area contributed by atoms with Crippen LogP contribution in [0.5, 0.6) is 0 Å². The van der Waals surface area contributed by atoms with Gasteiger partial charge in [0, 0.05) is 51.8 Å². The summed E-state index contributed by atoms with van der Waals surface area (Å²) in [6.45, 7) is 6.34. The van der Waals surface area contributed by atoms with Crippen LogP contribution in [0.15, 0.2) is 18.2 Å². The largest absolute Gasteiger partial charge is 0.444 e. The Bertz CT molecular complexity index is 1020. The minimum atomic E-state index is -0.818. The lowest BCUT2D eigenvalue weighted by Gasteiger charge is -2.24. The van der Waals surface area contributed by atoms with Crippen LogP contribution < -0.4 is 5.32 Å². The van der Waals surface area contributed by atoms with Gasteiger partial charge < -0.3 is 29.4 Å². The molecule has 1 rings (SSSR count). The first-order valence-electron chi connectivity index (χ1n) is 12.0. The van der Waals surface area contributed by atoms with E-state index in [-0.39, 0.29) is 36.5 Å². The van der Waals surface area contributed by atoms with E-state index in [9.17, 15) is 24.0 Å². The smallest absolute Gasteiger partial charge is 0.410 e. The third-order valence-corrected chi connectivity index (χ3v) is 5.26. The Kier molecular flexibility index (Phi) is 13.0. The normalized spacial score (nSPS) is 11.4. The van der Waals surface area contributed by atoms with Crippen molar-refractivity contribution in [3.8, 4) is 11.8 Å². The van der Waals surface area contributed by atoms with Gasteiger partial charge in [-0.2, -0.15) is 0 Å². The van der Waals surface area contributed by atoms with Crippen LogP contribution in [0.4, 0.5) is 4.79 Å². The molecule has 0 spiro atoms. The van der Waals surface area contributed by atoms with Gasteiger partial charge in [-0.15, -0.1) is 0 Å². The molecule has 1 atom stereocenters. The maximum Gasteiger partial charge on any atom is 0.410 e. The summed E-state index contributed by atoms with van der Waals surface area (Å²) in [6, 6.07) is 3.89. The zero-order chi connectivity index (χ0) is 28.0. The highest BCUT2D eigenvalue weighted by Gasteiger charge is 2.24. The molecule has 10 heteroatoms. The quantitative estimate of drug-likeness (QED) is 0.257. The van der Waals surface area contributed by atoms with Gasteiger partial charge in [0.25, 0.3) is 5.91 Å². The van der Waals surface area contributed by atoms with Gasteiger partial charge in [-0.05, 0) is 45.7 Å². The Morgan fingerprint density at radius 2 is 1.86 bits per heavy atom. The Morgan fingerprint density at radius 3 is 2.46 bits per heavy atom. The number of likely N-dealkylation sites (N-methyl/N-ethyl adjacent to an activating group) is 1. The predicted molar refractivity (Wildman–Crippen MR) is 138 cm³/mol. The van der Waals surface area contributed by atoms with Crippen molar-refractivity contribution in [2.45, 2.75) is 51.7 Å². The zero-order valence-electron chi connectivity index (χ0n) is 22.5. The van der Waals surface area contributed by atoms with Gasteiger partial charge in [0.1, 0.15) is 18.5 Å². The molecule has 0 heterocycles. The lowest BCUT2D eigenvalue weighted by molar-refractivity contribution is -0.121. The zero-order valence-corrected chi connectivity index (χ0v) is 22.5. The van der Waals surface area contributed by atoms with Gasteiger partial charge in [0.15, 0.2) is 6.29 Å². The van der Waals surface area contributed by atoms with Crippen molar-refractivity contribution in [1.29, 1.82) is 0 Å². The number of amides is 3. The van der Waals surface area contributed by atoms with Crippen LogP contribution in [-0.4, -0.2) is 92.8 Å². The molecule has 1 aromatic carbocycles. The minimum absolute atomic E-state index is 0.0842. The van der Waals surface area contributed by atoms with Crippen molar-refractivity contribution >= 4 is 30.5 Å². The fourth-order valence-electron chi connectivity index (χ4n) is 3.17. The molecular weight excluding hydrogens is 478 g/mol. The number of nitrogens with zero attached hydrogens (tertiary/aromatic N) is 2. The molecule has 0 aliphatic carbocycles. The van der Waals surface area contributed by atoms with Crippen molar-refractivity contribution in [2.75, 3.05) is 40.9 Å². The number of carbonyl (C=O) groups is 5. The molecule has 0 aliphatic heterocycles. The molecule has 1 unspecified atom stereocenters. The van der Waals surface area contributed by atoms with Crippen LogP contribution in [0.25, 0.3) is 0 Å². The molecule has 3 amide bonds. The van der Waals surface area contributed by atoms with Crippen molar-refractivity contribution in [3.05, 3.63) is 34.9 Å². The molecule has 0 saturated carbocycles. The molecular formula is C27H37N3O7. The van der Waals surface area contributed by atoms with Crippen LogP contribution in [-0.2, 0) is 19.1 Å². The number of aldehydes is 2. The van der Waals surface area contributed by atoms with Gasteiger partial charge in [0.2, 0.25) is 5.91 Å². The van der Waals surface area contributed by atoms with Crippen molar-refractivity contribution in [1.82, 2.24) is 15.1 Å². The van der Waals surface area contributed by atoms with E-state index in [0.717, 1.165) is 0 Å². The highest BCUT2D eigenvalue weighted by molar-refractivity contribution is 6.03. The average molecular weight is 516 g/mol. The number of nitrogens with one attached hydrogen (secondary N) is 1. The summed E-state index contributed by atoms with van der Waals surface area (Å²) in [6.07, 6.45) is 1.59. The predicted octanol–water partition coefficient (Wildman–Crippen LogP) is 2.29. The molecule has 0 fully saturated rings. The summed E-state index contributed by atoms with van der Waals surface area (Å²) >= 11 is 0. The maximum absolute atomic E-state index is 13.0. The van der Waals surface area contributed by atoms with Crippen LogP contribution in [0.3, 0.4) is 0 Å². The SMILES string of the molecule is CNC(=O)CCC(C=O)N(C)C(=O)c1cccc(C#CCOCCCN(C)C(=O)OC(C)(C)C)c1C=O. The second kappa shape index (κ2) is 15.4. The van der Waals surface area contributed by atoms with E-state index in [0.29, 0.717) is 37.7 Å². The van der Waals surface area contributed by atoms with E-state index < -0.39 is 23.6 Å². The van der Waals surface area contributed by atoms with Crippen LogP contribution in [0.2, 0.25) is 0 Å². The Balaban J connectivity index is 2.72. The molecule has 0 aliphatic rings. The third kappa shape index (κ3) is 10.8. The summed E-state index contributed by atoms with van der Waals surface area (Å²) in [5.74, 6) is 4.91. The molecule has 0 radical (unpaired) electrons. The summed E-state index contributed by atoms with van der Waals surface area (Å²) in [7, 11) is 4.60. The van der Waals surface area contributed by atoms with E-state index in [1.807, 2.05) is 0 Å². The van der Waals surface area contributed by atoms with Crippen molar-refractivity contribution < 1.29 is 33.4 Å². The van der Waals surface area contributed by atoms with Crippen molar-refractivity contribution in [2.24, 2.45) is 0 Å². The van der Waals surface area contributed by atoms with E-state index >= 15 is 0 Å². The molecule has 0 bridgehead atoms. The lowest BCUT2D eigenvalue weighted by atomic mass is 10.00. The minimum Gasteiger partial charge on any atom is -0.444 e. The standard InChI is InChI=1S/C27H37N3O7/c1-27(2,3)37-26(35)29(5)15-9-17-36-16-8-11-20-10-7-12-22(23(20)19-32)25(34)30(6)21(18-31)13-14-24(33)28-4/h7,10,12,18-19,21H,9,13-17H2,1-6H3,(H,28,33). The molecule has 202 valence electrons. The number of carbonyl (C=O) groups excluding carboxylic acids is 5. The molecule has 10 nitrogen and oxygen atoms in total. The fraction of sp³-hybridized carbons (Fsp3) is 0.519. The Hall–Kier alpha value is -3.71. The number of hydrogen-bond acceptors (Lipinski definition) is 7. The summed E-state index contributed by atoms with van der Waals surface area (Å²) in [5, 5.41) is 2.47.